The maximum Gasteiger partial charge on any atom is 0.243 e. The van der Waals surface area contributed by atoms with Gasteiger partial charge in [-0.1, -0.05) is 30.9 Å². The van der Waals surface area contributed by atoms with Crippen LogP contribution in [0.5, 0.6) is 0 Å². The van der Waals surface area contributed by atoms with Gasteiger partial charge in [0.15, 0.2) is 5.82 Å². The monoisotopic (exact) mass is 514 g/mol. The third kappa shape index (κ3) is 6.03. The Hall–Kier alpha value is -3.44. The third-order valence-corrected chi connectivity index (χ3v) is 7.08. The van der Waals surface area contributed by atoms with E-state index in [1.54, 1.807) is 44.4 Å². The molecule has 0 radical (unpaired) electrons. The van der Waals surface area contributed by atoms with Gasteiger partial charge in [0.1, 0.15) is 23.0 Å². The summed E-state index contributed by atoms with van der Waals surface area (Å²) in [5.41, 5.74) is 1.38. The van der Waals surface area contributed by atoms with Crippen molar-refractivity contribution in [1.82, 2.24) is 24.7 Å². The largest absolute Gasteiger partial charge is 0.366 e. The van der Waals surface area contributed by atoms with Crippen molar-refractivity contribution in [1.29, 1.82) is 0 Å². The molecular formula is C25H31FN6O3S. The van der Waals surface area contributed by atoms with Gasteiger partial charge in [-0.25, -0.2) is 22.8 Å². The van der Waals surface area contributed by atoms with E-state index in [0.29, 0.717) is 24.2 Å². The van der Waals surface area contributed by atoms with Crippen LogP contribution in [0.25, 0.3) is 11.8 Å². The number of aryl methyl sites for hydroxylation is 2. The van der Waals surface area contributed by atoms with Gasteiger partial charge in [0.2, 0.25) is 16.0 Å². The lowest BCUT2D eigenvalue weighted by molar-refractivity contribution is 0.00152. The first kappa shape index (κ1) is 27.2. The van der Waals surface area contributed by atoms with Crippen molar-refractivity contribution in [2.24, 2.45) is 0 Å². The summed E-state index contributed by atoms with van der Waals surface area (Å²) in [7, 11) is -4.13. The predicted octanol–water partition coefficient (Wildman–Crippen LogP) is 4.56. The highest BCUT2D eigenvalue weighted by Gasteiger charge is 2.35. The summed E-state index contributed by atoms with van der Waals surface area (Å²) < 4.78 is 51.9. The van der Waals surface area contributed by atoms with Crippen LogP contribution in [0.15, 0.2) is 49.8 Å². The molecule has 36 heavy (non-hydrogen) atoms. The van der Waals surface area contributed by atoms with Gasteiger partial charge in [-0.05, 0) is 45.7 Å². The van der Waals surface area contributed by atoms with Crippen LogP contribution in [-0.2, 0) is 21.2 Å². The normalized spacial score (nSPS) is 13.4. The summed E-state index contributed by atoms with van der Waals surface area (Å²) >= 11 is 0. The van der Waals surface area contributed by atoms with E-state index in [9.17, 15) is 8.42 Å². The van der Waals surface area contributed by atoms with Crippen molar-refractivity contribution in [3.63, 3.8) is 0 Å². The van der Waals surface area contributed by atoms with Crippen molar-refractivity contribution in [3.05, 3.63) is 78.4 Å². The molecule has 2 atom stereocenters. The number of para-hydroxylation sites is 1. The molecule has 11 heteroatoms. The van der Waals surface area contributed by atoms with Gasteiger partial charge in [0, 0.05) is 24.4 Å². The Morgan fingerprint density at radius 3 is 2.47 bits per heavy atom. The van der Waals surface area contributed by atoms with E-state index in [-0.39, 0.29) is 23.6 Å². The van der Waals surface area contributed by atoms with Gasteiger partial charge < -0.3 is 4.74 Å². The molecule has 0 spiro atoms. The van der Waals surface area contributed by atoms with Crippen LogP contribution < -0.4 is 4.72 Å². The molecule has 0 aliphatic carbocycles. The summed E-state index contributed by atoms with van der Waals surface area (Å²) in [6.45, 7) is 14.4. The Morgan fingerprint density at radius 2 is 1.86 bits per heavy atom. The summed E-state index contributed by atoms with van der Waals surface area (Å²) in [6, 6.07) is 4.50. The Morgan fingerprint density at radius 1 is 1.17 bits per heavy atom. The van der Waals surface area contributed by atoms with Gasteiger partial charge in [-0.3, -0.25) is 9.29 Å². The summed E-state index contributed by atoms with van der Waals surface area (Å²) in [4.78, 5) is 8.56. The number of hydrogen-bond acceptors (Lipinski definition) is 7. The van der Waals surface area contributed by atoms with Gasteiger partial charge in [-0.2, -0.15) is 0 Å². The number of hydrogen-bond donors (Lipinski definition) is 1. The molecule has 0 saturated carbocycles. The zero-order valence-electron chi connectivity index (χ0n) is 20.8. The molecule has 0 saturated heterocycles. The first-order chi connectivity index (χ1) is 17.1. The number of ether oxygens (including phenoxy) is 1. The SMILES string of the molecule is C=CCCc1nnc(NS(=O)(=O)C(C)C(OC(C)C)c2ncc(C)cn2)n1-c1c(F)cccc1C=C. The highest BCUT2D eigenvalue weighted by molar-refractivity contribution is 7.93. The van der Waals surface area contributed by atoms with E-state index in [4.69, 9.17) is 4.74 Å². The van der Waals surface area contributed by atoms with Crippen molar-refractivity contribution in [2.75, 3.05) is 4.72 Å². The summed E-state index contributed by atoms with van der Waals surface area (Å²) in [5.74, 6) is -0.120. The molecule has 2 heterocycles. The van der Waals surface area contributed by atoms with Crippen LogP contribution in [0.1, 0.15) is 56.1 Å². The van der Waals surface area contributed by atoms with E-state index in [1.807, 2.05) is 6.92 Å². The van der Waals surface area contributed by atoms with Crippen molar-refractivity contribution in [3.8, 4) is 5.69 Å². The highest BCUT2D eigenvalue weighted by atomic mass is 32.2. The fraction of sp³-hybridized carbons (Fsp3) is 0.360. The highest BCUT2D eigenvalue weighted by Crippen LogP contribution is 2.29. The fourth-order valence-electron chi connectivity index (χ4n) is 3.55. The molecule has 3 aromatic rings. The smallest absolute Gasteiger partial charge is 0.243 e. The number of rotatable bonds is 12. The minimum atomic E-state index is -4.13. The van der Waals surface area contributed by atoms with Crippen LogP contribution in [-0.4, -0.2) is 44.5 Å². The first-order valence-electron chi connectivity index (χ1n) is 11.5. The maximum absolute atomic E-state index is 15.0. The first-order valence-corrected chi connectivity index (χ1v) is 13.1. The van der Waals surface area contributed by atoms with Crippen LogP contribution in [0, 0.1) is 12.7 Å². The molecule has 9 nitrogen and oxygen atoms in total. The number of halogens is 1. The van der Waals surface area contributed by atoms with Crippen molar-refractivity contribution in [2.45, 2.75) is 58.0 Å². The van der Waals surface area contributed by atoms with Crippen LogP contribution in [0.2, 0.25) is 0 Å². The van der Waals surface area contributed by atoms with Crippen LogP contribution in [0.4, 0.5) is 10.3 Å². The Bertz CT molecular complexity index is 1320. The van der Waals surface area contributed by atoms with Gasteiger partial charge in [0.05, 0.1) is 11.8 Å². The zero-order valence-corrected chi connectivity index (χ0v) is 21.7. The van der Waals surface area contributed by atoms with Crippen LogP contribution >= 0.6 is 0 Å². The Labute approximate surface area is 211 Å². The number of anilines is 1. The third-order valence-electron chi connectivity index (χ3n) is 5.39. The Balaban J connectivity index is 2.06. The molecule has 0 aliphatic heterocycles. The average molecular weight is 515 g/mol. The number of aromatic nitrogens is 5. The molecule has 0 bridgehead atoms. The van der Waals surface area contributed by atoms with E-state index in [2.05, 4.69) is 38.0 Å². The van der Waals surface area contributed by atoms with Gasteiger partial charge in [-0.15, -0.1) is 16.8 Å². The van der Waals surface area contributed by atoms with Gasteiger partial charge in [0.25, 0.3) is 0 Å². The maximum atomic E-state index is 15.0. The molecule has 0 aliphatic rings. The topological polar surface area (TPSA) is 112 Å². The number of nitrogens with one attached hydrogen (secondary N) is 1. The zero-order chi connectivity index (χ0) is 26.5. The molecule has 0 amide bonds. The quantitative estimate of drug-likeness (QED) is 0.353. The number of sulfonamides is 1. The fourth-order valence-corrected chi connectivity index (χ4v) is 4.63. The number of allylic oxidation sites excluding steroid dienone is 1. The molecule has 192 valence electrons. The number of nitrogens with zero attached hydrogens (tertiary/aromatic N) is 5. The lowest BCUT2D eigenvalue weighted by atomic mass is 10.1. The van der Waals surface area contributed by atoms with Gasteiger partial charge >= 0.3 is 0 Å². The second kappa shape index (κ2) is 11.5. The molecular weight excluding hydrogens is 483 g/mol. The molecule has 2 aromatic heterocycles. The summed E-state index contributed by atoms with van der Waals surface area (Å²) in [5, 5.41) is 7.06. The molecule has 0 fully saturated rings. The predicted molar refractivity (Wildman–Crippen MR) is 138 cm³/mol. The number of benzene rings is 1. The molecule has 1 N–H and O–H groups in total. The van der Waals surface area contributed by atoms with E-state index in [0.717, 1.165) is 5.56 Å². The second-order valence-electron chi connectivity index (χ2n) is 8.56. The molecule has 2 unspecified atom stereocenters. The van der Waals surface area contributed by atoms with Crippen molar-refractivity contribution >= 4 is 22.0 Å². The van der Waals surface area contributed by atoms with Crippen LogP contribution in [0.3, 0.4) is 0 Å². The molecule has 3 rings (SSSR count). The standard InChI is InChI=1S/C25H31FN6O3S/c1-7-9-13-21-29-30-25(32(21)22-19(8-2)11-10-12-20(22)26)31-36(33,34)18(6)23(35-16(3)4)24-27-14-17(5)15-28-24/h7-8,10-12,14-16,18,23H,1-2,9,13H2,3-6H3,(H,30,31). The van der Waals surface area contributed by atoms with E-state index < -0.39 is 27.2 Å². The van der Waals surface area contributed by atoms with E-state index >= 15 is 4.39 Å². The summed E-state index contributed by atoms with van der Waals surface area (Å²) in [6.07, 6.45) is 6.03. The second-order valence-corrected chi connectivity index (χ2v) is 10.6. The Kier molecular flexibility index (Phi) is 8.70. The average Bonchev–Trinajstić information content (AvgIpc) is 3.22. The van der Waals surface area contributed by atoms with E-state index in [1.165, 1.54) is 23.6 Å². The minimum Gasteiger partial charge on any atom is -0.366 e. The lowest BCUT2D eigenvalue weighted by Crippen LogP contribution is -2.35. The molecule has 1 aromatic carbocycles. The van der Waals surface area contributed by atoms with Crippen molar-refractivity contribution < 1.29 is 17.5 Å². The minimum absolute atomic E-state index is 0.0961. The lowest BCUT2D eigenvalue weighted by Gasteiger charge is -2.25.